The minimum atomic E-state index is 0.889. The van der Waals surface area contributed by atoms with Gasteiger partial charge in [-0.1, -0.05) is 19.8 Å². The second-order valence-electron chi connectivity index (χ2n) is 7.12. The smallest absolute Gasteiger partial charge is 0.0223 e. The first-order chi connectivity index (χ1) is 9.36. The van der Waals surface area contributed by atoms with Crippen LogP contribution in [0.5, 0.6) is 0 Å². The van der Waals surface area contributed by atoms with Crippen LogP contribution >= 0.6 is 0 Å². The van der Waals surface area contributed by atoms with E-state index in [1.807, 2.05) is 0 Å². The van der Waals surface area contributed by atoms with Crippen molar-refractivity contribution in [3.8, 4) is 0 Å². The maximum atomic E-state index is 2.88. The van der Waals surface area contributed by atoms with E-state index >= 15 is 0 Å². The van der Waals surface area contributed by atoms with Crippen LogP contribution in [0.3, 0.4) is 0 Å². The van der Waals surface area contributed by atoms with E-state index < -0.39 is 0 Å². The van der Waals surface area contributed by atoms with Gasteiger partial charge in [-0.25, -0.2) is 0 Å². The first-order valence-corrected chi connectivity index (χ1v) is 8.85. The van der Waals surface area contributed by atoms with E-state index in [-0.39, 0.29) is 0 Å². The second-order valence-corrected chi connectivity index (χ2v) is 7.12. The molecular weight excluding hydrogens is 232 g/mol. The molecule has 110 valence electrons. The molecule has 0 aromatic rings. The second kappa shape index (κ2) is 6.58. The van der Waals surface area contributed by atoms with Gasteiger partial charge < -0.3 is 0 Å². The van der Waals surface area contributed by atoms with Gasteiger partial charge in [-0.05, 0) is 70.5 Å². The summed E-state index contributed by atoms with van der Waals surface area (Å²) in [5.41, 5.74) is 0. The lowest BCUT2D eigenvalue weighted by atomic mass is 9.83. The molecule has 2 heteroatoms. The lowest BCUT2D eigenvalue weighted by Crippen LogP contribution is -2.47. The minimum Gasteiger partial charge on any atom is -0.299 e. The van der Waals surface area contributed by atoms with Crippen molar-refractivity contribution in [3.05, 3.63) is 0 Å². The molecule has 19 heavy (non-hydrogen) atoms. The molecule has 0 aromatic carbocycles. The highest BCUT2D eigenvalue weighted by Crippen LogP contribution is 2.31. The first kappa shape index (κ1) is 13.9. The maximum Gasteiger partial charge on any atom is 0.0223 e. The van der Waals surface area contributed by atoms with E-state index in [9.17, 15) is 0 Å². The van der Waals surface area contributed by atoms with Crippen LogP contribution in [0.15, 0.2) is 0 Å². The molecule has 1 atom stereocenters. The van der Waals surface area contributed by atoms with Crippen molar-refractivity contribution in [3.63, 3.8) is 0 Å². The van der Waals surface area contributed by atoms with Crippen LogP contribution in [0, 0.1) is 5.92 Å². The van der Waals surface area contributed by atoms with Crippen LogP contribution in [0.25, 0.3) is 0 Å². The molecule has 1 unspecified atom stereocenters. The number of nitrogens with zero attached hydrogens (tertiary/aromatic N) is 2. The fraction of sp³-hybridized carbons (Fsp3) is 1.00. The standard InChI is InChI=1S/C17H32N2/c1-2-15-7-9-16(10-8-15)19-13-5-12-18-11-4-3-6-17(18)14-19/h15-17H,2-14H2,1H3. The summed E-state index contributed by atoms with van der Waals surface area (Å²) in [7, 11) is 0. The predicted molar refractivity (Wildman–Crippen MR) is 81.4 cm³/mol. The van der Waals surface area contributed by atoms with E-state index in [2.05, 4.69) is 16.7 Å². The molecule has 2 nitrogen and oxygen atoms in total. The molecule has 0 amide bonds. The number of hydrogen-bond acceptors (Lipinski definition) is 2. The Kier molecular flexibility index (Phi) is 4.81. The summed E-state index contributed by atoms with van der Waals surface area (Å²) in [6.07, 6.45) is 13.1. The zero-order valence-electron chi connectivity index (χ0n) is 12.8. The molecule has 0 spiro atoms. The average Bonchev–Trinajstić information content (AvgIpc) is 2.69. The van der Waals surface area contributed by atoms with Gasteiger partial charge in [0.2, 0.25) is 0 Å². The van der Waals surface area contributed by atoms with Gasteiger partial charge in [-0.3, -0.25) is 9.80 Å². The lowest BCUT2D eigenvalue weighted by Gasteiger charge is -2.40. The van der Waals surface area contributed by atoms with Crippen LogP contribution in [0.2, 0.25) is 0 Å². The minimum absolute atomic E-state index is 0.889. The summed E-state index contributed by atoms with van der Waals surface area (Å²) in [6, 6.07) is 1.81. The van der Waals surface area contributed by atoms with Crippen LogP contribution in [-0.2, 0) is 0 Å². The molecular formula is C17H32N2. The normalized spacial score (nSPS) is 38.7. The van der Waals surface area contributed by atoms with E-state index in [1.54, 1.807) is 0 Å². The third-order valence-corrected chi connectivity index (χ3v) is 6.00. The number of piperidine rings is 1. The maximum absolute atomic E-state index is 2.88. The number of hydrogen-bond donors (Lipinski definition) is 0. The van der Waals surface area contributed by atoms with Gasteiger partial charge in [0.15, 0.2) is 0 Å². The van der Waals surface area contributed by atoms with Crippen LogP contribution in [-0.4, -0.2) is 48.1 Å². The predicted octanol–water partition coefficient (Wildman–Crippen LogP) is 3.52. The SMILES string of the molecule is CCC1CCC(N2CCCN3CCCCC3C2)CC1. The quantitative estimate of drug-likeness (QED) is 0.753. The number of rotatable bonds is 2. The third-order valence-electron chi connectivity index (χ3n) is 6.00. The van der Waals surface area contributed by atoms with Gasteiger partial charge in [0, 0.05) is 18.6 Å². The van der Waals surface area contributed by atoms with Crippen LogP contribution in [0.4, 0.5) is 0 Å². The Morgan fingerprint density at radius 2 is 1.47 bits per heavy atom. The van der Waals surface area contributed by atoms with Crippen LogP contribution in [0.1, 0.15) is 64.7 Å². The Morgan fingerprint density at radius 3 is 2.26 bits per heavy atom. The molecule has 2 aliphatic heterocycles. The van der Waals surface area contributed by atoms with Crippen molar-refractivity contribution in [2.75, 3.05) is 26.2 Å². The highest BCUT2D eigenvalue weighted by molar-refractivity contribution is 4.87. The van der Waals surface area contributed by atoms with Gasteiger partial charge >= 0.3 is 0 Å². The number of fused-ring (bicyclic) bond motifs is 1. The summed E-state index contributed by atoms with van der Waals surface area (Å²) in [5, 5.41) is 0. The van der Waals surface area contributed by atoms with E-state index in [4.69, 9.17) is 0 Å². The first-order valence-electron chi connectivity index (χ1n) is 8.85. The molecule has 3 rings (SSSR count). The van der Waals surface area contributed by atoms with E-state index in [1.165, 1.54) is 84.0 Å². The topological polar surface area (TPSA) is 6.48 Å². The van der Waals surface area contributed by atoms with Gasteiger partial charge in [-0.15, -0.1) is 0 Å². The van der Waals surface area contributed by atoms with E-state index in [0.29, 0.717) is 0 Å². The van der Waals surface area contributed by atoms with E-state index in [0.717, 1.165) is 18.0 Å². The fourth-order valence-corrected chi connectivity index (χ4v) is 4.65. The highest BCUT2D eigenvalue weighted by atomic mass is 15.3. The van der Waals surface area contributed by atoms with Gasteiger partial charge in [0.1, 0.15) is 0 Å². The summed E-state index contributed by atoms with van der Waals surface area (Å²) in [5.74, 6) is 1.04. The molecule has 0 aromatic heterocycles. The Bertz CT molecular complexity index is 270. The summed E-state index contributed by atoms with van der Waals surface area (Å²) < 4.78 is 0. The Hall–Kier alpha value is -0.0800. The summed E-state index contributed by atoms with van der Waals surface area (Å²) in [6.45, 7) is 7.86. The van der Waals surface area contributed by atoms with Gasteiger partial charge in [-0.2, -0.15) is 0 Å². The monoisotopic (exact) mass is 264 g/mol. The Balaban J connectivity index is 1.56. The molecule has 0 radical (unpaired) electrons. The van der Waals surface area contributed by atoms with Gasteiger partial charge in [0.05, 0.1) is 0 Å². The molecule has 3 aliphatic rings. The molecule has 3 fully saturated rings. The van der Waals surface area contributed by atoms with Crippen molar-refractivity contribution >= 4 is 0 Å². The van der Waals surface area contributed by atoms with Crippen molar-refractivity contribution in [2.24, 2.45) is 5.92 Å². The molecule has 2 saturated heterocycles. The zero-order valence-corrected chi connectivity index (χ0v) is 12.8. The van der Waals surface area contributed by atoms with Gasteiger partial charge in [0.25, 0.3) is 0 Å². The average molecular weight is 264 g/mol. The van der Waals surface area contributed by atoms with Crippen molar-refractivity contribution in [1.82, 2.24) is 9.80 Å². The fourth-order valence-electron chi connectivity index (χ4n) is 4.65. The Labute approximate surface area is 119 Å². The largest absolute Gasteiger partial charge is 0.299 e. The highest BCUT2D eigenvalue weighted by Gasteiger charge is 2.31. The molecule has 2 heterocycles. The molecule has 0 bridgehead atoms. The molecule has 1 saturated carbocycles. The van der Waals surface area contributed by atoms with Crippen LogP contribution < -0.4 is 0 Å². The molecule has 0 N–H and O–H groups in total. The van der Waals surface area contributed by atoms with Crippen molar-refractivity contribution < 1.29 is 0 Å². The summed E-state index contributed by atoms with van der Waals surface area (Å²) in [4.78, 5) is 5.67. The third kappa shape index (κ3) is 3.33. The lowest BCUT2D eigenvalue weighted by molar-refractivity contribution is 0.0972. The Morgan fingerprint density at radius 1 is 0.737 bits per heavy atom. The van der Waals surface area contributed by atoms with Crippen molar-refractivity contribution in [1.29, 1.82) is 0 Å². The zero-order chi connectivity index (χ0) is 13.1. The molecule has 1 aliphatic carbocycles. The van der Waals surface area contributed by atoms with Crippen molar-refractivity contribution in [2.45, 2.75) is 76.8 Å². The summed E-state index contributed by atoms with van der Waals surface area (Å²) >= 11 is 0.